The predicted octanol–water partition coefficient (Wildman–Crippen LogP) is 4.87. The lowest BCUT2D eigenvalue weighted by Gasteiger charge is -2.27. The minimum absolute atomic E-state index is 0.236. The van der Waals surface area contributed by atoms with Crippen LogP contribution < -0.4 is 4.74 Å². The summed E-state index contributed by atoms with van der Waals surface area (Å²) in [4.78, 5) is 31.9. The molecule has 1 aliphatic rings. The number of hydrogen-bond acceptors (Lipinski definition) is 7. The highest BCUT2D eigenvalue weighted by Crippen LogP contribution is 2.30. The summed E-state index contributed by atoms with van der Waals surface area (Å²) in [6.07, 6.45) is 2.39. The van der Waals surface area contributed by atoms with Crippen molar-refractivity contribution in [3.05, 3.63) is 89.9 Å². The van der Waals surface area contributed by atoms with Crippen molar-refractivity contribution < 1.29 is 14.3 Å². The van der Waals surface area contributed by atoms with Crippen LogP contribution in [0.2, 0.25) is 0 Å². The third-order valence-electron chi connectivity index (χ3n) is 6.49. The lowest BCUT2D eigenvalue weighted by Crippen LogP contribution is -2.41. The molecule has 0 bridgehead atoms. The van der Waals surface area contributed by atoms with Crippen molar-refractivity contribution >= 4 is 45.3 Å². The van der Waals surface area contributed by atoms with Gasteiger partial charge >= 0.3 is 0 Å². The quantitative estimate of drug-likeness (QED) is 0.167. The minimum atomic E-state index is -0.236. The minimum Gasteiger partial charge on any atom is -0.483 e. The maximum Gasteiger partial charge on any atom is 0.261 e. The van der Waals surface area contributed by atoms with Crippen molar-refractivity contribution in [3.63, 3.8) is 0 Å². The van der Waals surface area contributed by atoms with E-state index in [9.17, 15) is 9.59 Å². The largest absolute Gasteiger partial charge is 0.483 e. The molecule has 3 heterocycles. The smallest absolute Gasteiger partial charge is 0.261 e. The van der Waals surface area contributed by atoms with E-state index in [-0.39, 0.29) is 18.4 Å². The molecule has 8 nitrogen and oxygen atoms in total. The molecule has 0 aliphatic carbocycles. The standard InChI is InChI=1S/C28H23N5O3S/c1-32-23(17-36-22-13-4-9-19-10-5-14-29-25(19)22)30-31-28(32)37-16-6-15-33-26(34)20-11-2-7-18-8-3-12-21(24(18)20)27(33)35/h2-5,7-14H,6,15-17H2,1H3. The Morgan fingerprint density at radius 2 is 1.57 bits per heavy atom. The number of rotatable bonds is 8. The number of pyridine rings is 1. The average molecular weight is 510 g/mol. The Kier molecular flexibility index (Phi) is 6.05. The van der Waals surface area contributed by atoms with E-state index in [0.717, 1.165) is 26.8 Å². The van der Waals surface area contributed by atoms with E-state index in [2.05, 4.69) is 15.2 Å². The number of nitrogens with zero attached hydrogens (tertiary/aromatic N) is 5. The van der Waals surface area contributed by atoms with Crippen molar-refractivity contribution in [3.8, 4) is 5.75 Å². The summed E-state index contributed by atoms with van der Waals surface area (Å²) in [7, 11) is 1.90. The molecule has 37 heavy (non-hydrogen) atoms. The van der Waals surface area contributed by atoms with Crippen molar-refractivity contribution in [2.45, 2.75) is 18.2 Å². The van der Waals surface area contributed by atoms with Gasteiger partial charge in [0.15, 0.2) is 11.0 Å². The van der Waals surface area contributed by atoms with Crippen LogP contribution in [0.3, 0.4) is 0 Å². The van der Waals surface area contributed by atoms with Gasteiger partial charge in [-0.1, -0.05) is 54.2 Å². The Balaban J connectivity index is 1.07. The van der Waals surface area contributed by atoms with Crippen LogP contribution in [0.4, 0.5) is 0 Å². The first-order valence-corrected chi connectivity index (χ1v) is 13.0. The first-order chi connectivity index (χ1) is 18.1. The molecule has 0 N–H and O–H groups in total. The molecule has 0 fully saturated rings. The van der Waals surface area contributed by atoms with Crippen LogP contribution in [-0.4, -0.2) is 48.8 Å². The number of ether oxygens (including phenoxy) is 1. The van der Waals surface area contributed by atoms with E-state index in [1.54, 1.807) is 18.3 Å². The fraction of sp³-hybridized carbons (Fsp3) is 0.179. The summed E-state index contributed by atoms with van der Waals surface area (Å²) in [6.45, 7) is 0.610. The van der Waals surface area contributed by atoms with E-state index in [1.165, 1.54) is 16.7 Å². The first kappa shape index (κ1) is 23.2. The summed E-state index contributed by atoms with van der Waals surface area (Å²) >= 11 is 1.54. The van der Waals surface area contributed by atoms with Gasteiger partial charge in [0.25, 0.3) is 11.8 Å². The van der Waals surface area contributed by atoms with Crippen LogP contribution >= 0.6 is 11.8 Å². The third kappa shape index (κ3) is 4.21. The van der Waals surface area contributed by atoms with Crippen molar-refractivity contribution in [2.24, 2.45) is 7.05 Å². The highest BCUT2D eigenvalue weighted by Gasteiger charge is 2.32. The summed E-state index contributed by atoms with van der Waals surface area (Å²) in [5, 5.41) is 12.0. The Labute approximate surface area is 217 Å². The van der Waals surface area contributed by atoms with Gasteiger partial charge in [-0.05, 0) is 36.1 Å². The summed E-state index contributed by atoms with van der Waals surface area (Å²) < 4.78 is 7.90. The Bertz CT molecular complexity index is 1610. The zero-order valence-corrected chi connectivity index (χ0v) is 20.9. The Morgan fingerprint density at radius 3 is 2.35 bits per heavy atom. The van der Waals surface area contributed by atoms with Crippen LogP contribution in [0.1, 0.15) is 33.0 Å². The Hall–Kier alpha value is -4.24. The van der Waals surface area contributed by atoms with Gasteiger partial charge in [0, 0.05) is 47.4 Å². The second-order valence-electron chi connectivity index (χ2n) is 8.75. The molecular weight excluding hydrogens is 486 g/mol. The molecule has 184 valence electrons. The monoisotopic (exact) mass is 509 g/mol. The highest BCUT2D eigenvalue weighted by molar-refractivity contribution is 7.99. The van der Waals surface area contributed by atoms with E-state index in [4.69, 9.17) is 4.74 Å². The number of fused-ring (bicyclic) bond motifs is 1. The molecule has 0 unspecified atom stereocenters. The van der Waals surface area contributed by atoms with Crippen LogP contribution in [0.15, 0.2) is 78.1 Å². The van der Waals surface area contributed by atoms with E-state index in [0.29, 0.717) is 41.4 Å². The molecule has 5 aromatic rings. The molecule has 6 rings (SSSR count). The fourth-order valence-corrected chi connectivity index (χ4v) is 5.45. The van der Waals surface area contributed by atoms with Crippen LogP contribution in [0.5, 0.6) is 5.75 Å². The molecule has 2 aromatic heterocycles. The molecule has 3 aromatic carbocycles. The maximum atomic E-state index is 13.1. The normalized spacial score (nSPS) is 13.1. The molecule has 0 spiro atoms. The number of thioether (sulfide) groups is 1. The second kappa shape index (κ2) is 9.67. The zero-order valence-electron chi connectivity index (χ0n) is 20.1. The third-order valence-corrected chi connectivity index (χ3v) is 7.60. The SMILES string of the molecule is Cn1c(COc2cccc3cccnc23)nnc1SCCCN1C(=O)c2cccc3cccc(c23)C1=O. The van der Waals surface area contributed by atoms with Gasteiger partial charge in [0.1, 0.15) is 17.9 Å². The van der Waals surface area contributed by atoms with Crippen molar-refractivity contribution in [1.82, 2.24) is 24.6 Å². The average Bonchev–Trinajstić information content (AvgIpc) is 3.28. The molecule has 0 radical (unpaired) electrons. The van der Waals surface area contributed by atoms with Gasteiger partial charge in [0.2, 0.25) is 0 Å². The van der Waals surface area contributed by atoms with E-state index < -0.39 is 0 Å². The van der Waals surface area contributed by atoms with E-state index in [1.807, 2.05) is 66.2 Å². The highest BCUT2D eigenvalue weighted by atomic mass is 32.2. The number of amides is 2. The summed E-state index contributed by atoms with van der Waals surface area (Å²) in [5.41, 5.74) is 1.97. The Morgan fingerprint density at radius 1 is 0.865 bits per heavy atom. The fourth-order valence-electron chi connectivity index (χ4n) is 4.60. The first-order valence-electron chi connectivity index (χ1n) is 12.0. The maximum absolute atomic E-state index is 13.1. The summed E-state index contributed by atoms with van der Waals surface area (Å²) in [6, 6.07) is 20.9. The summed E-state index contributed by atoms with van der Waals surface area (Å²) in [5.74, 6) is 1.61. The number of carbonyl (C=O) groups is 2. The molecule has 9 heteroatoms. The van der Waals surface area contributed by atoms with Crippen molar-refractivity contribution in [2.75, 3.05) is 12.3 Å². The predicted molar refractivity (Wildman–Crippen MR) is 142 cm³/mol. The number of para-hydroxylation sites is 1. The molecule has 2 amide bonds. The second-order valence-corrected chi connectivity index (χ2v) is 9.81. The zero-order chi connectivity index (χ0) is 25.4. The van der Waals surface area contributed by atoms with Crippen LogP contribution in [0.25, 0.3) is 21.7 Å². The van der Waals surface area contributed by atoms with Crippen LogP contribution in [0, 0.1) is 0 Å². The van der Waals surface area contributed by atoms with Gasteiger partial charge in [-0.25, -0.2) is 0 Å². The molecule has 0 atom stereocenters. The van der Waals surface area contributed by atoms with Gasteiger partial charge in [-0.15, -0.1) is 10.2 Å². The van der Waals surface area contributed by atoms with Gasteiger partial charge in [-0.2, -0.15) is 0 Å². The van der Waals surface area contributed by atoms with Crippen molar-refractivity contribution in [1.29, 1.82) is 0 Å². The topological polar surface area (TPSA) is 90.2 Å². The number of carbonyl (C=O) groups excluding carboxylic acids is 2. The van der Waals surface area contributed by atoms with Gasteiger partial charge in [0.05, 0.1) is 0 Å². The molecule has 1 aliphatic heterocycles. The molecule has 0 saturated carbocycles. The van der Waals surface area contributed by atoms with Crippen LogP contribution in [-0.2, 0) is 13.7 Å². The lowest BCUT2D eigenvalue weighted by molar-refractivity contribution is 0.0611. The molecular formula is C28H23N5O3S. The van der Waals surface area contributed by atoms with Gasteiger partial charge in [-0.3, -0.25) is 19.5 Å². The number of aromatic nitrogens is 4. The lowest BCUT2D eigenvalue weighted by atomic mass is 9.94. The number of benzene rings is 3. The molecule has 0 saturated heterocycles. The number of imide groups is 1. The van der Waals surface area contributed by atoms with E-state index >= 15 is 0 Å². The van der Waals surface area contributed by atoms with Gasteiger partial charge < -0.3 is 9.30 Å². The number of hydrogen-bond donors (Lipinski definition) is 0.